The number of carboxylic acid groups (broad SMARTS) is 1. The third-order valence-corrected chi connectivity index (χ3v) is 2.63. The number of amides is 1. The van der Waals surface area contributed by atoms with Crippen LogP contribution < -0.4 is 5.32 Å². The zero-order chi connectivity index (χ0) is 13.4. The first kappa shape index (κ1) is 14.4. The standard InChI is InChI=1S/C13H14BrNO3/c14-8-4-7-12(16)15-11(13(17)18)9-10-5-2-1-3-6-10/h1-7,11H,8-9H2,(H,15,16)(H,17,18)/b7-4-/t11-/m1/s1. The van der Waals surface area contributed by atoms with Gasteiger partial charge < -0.3 is 10.4 Å². The second-order valence-electron chi connectivity index (χ2n) is 3.65. The quantitative estimate of drug-likeness (QED) is 0.621. The Hall–Kier alpha value is -1.62. The molecule has 4 nitrogen and oxygen atoms in total. The van der Waals surface area contributed by atoms with Crippen LogP contribution in [0.25, 0.3) is 0 Å². The van der Waals surface area contributed by atoms with E-state index in [-0.39, 0.29) is 6.42 Å². The zero-order valence-electron chi connectivity index (χ0n) is 9.67. The molecule has 0 saturated heterocycles. The Morgan fingerprint density at radius 3 is 2.56 bits per heavy atom. The Morgan fingerprint density at radius 2 is 2.00 bits per heavy atom. The molecule has 1 atom stereocenters. The highest BCUT2D eigenvalue weighted by molar-refractivity contribution is 9.09. The van der Waals surface area contributed by atoms with Crippen LogP contribution in [0.2, 0.25) is 0 Å². The lowest BCUT2D eigenvalue weighted by Crippen LogP contribution is -2.41. The van der Waals surface area contributed by atoms with Crippen molar-refractivity contribution in [1.82, 2.24) is 5.32 Å². The predicted octanol–water partition coefficient (Wildman–Crippen LogP) is 1.75. The maximum atomic E-state index is 11.4. The summed E-state index contributed by atoms with van der Waals surface area (Å²) in [5.41, 5.74) is 0.870. The Morgan fingerprint density at radius 1 is 1.33 bits per heavy atom. The fourth-order valence-corrected chi connectivity index (χ4v) is 1.61. The van der Waals surface area contributed by atoms with E-state index in [0.717, 1.165) is 5.56 Å². The average Bonchev–Trinajstić information content (AvgIpc) is 2.36. The number of alkyl halides is 1. The van der Waals surface area contributed by atoms with Gasteiger partial charge in [-0.3, -0.25) is 4.79 Å². The Labute approximate surface area is 114 Å². The fraction of sp³-hybridized carbons (Fsp3) is 0.231. The van der Waals surface area contributed by atoms with Crippen LogP contribution in [0, 0.1) is 0 Å². The van der Waals surface area contributed by atoms with Gasteiger partial charge >= 0.3 is 5.97 Å². The molecule has 0 spiro atoms. The van der Waals surface area contributed by atoms with Crippen LogP contribution in [0.1, 0.15) is 5.56 Å². The molecule has 18 heavy (non-hydrogen) atoms. The number of allylic oxidation sites excluding steroid dienone is 1. The summed E-state index contributed by atoms with van der Waals surface area (Å²) in [6.45, 7) is 0. The first-order valence-corrected chi connectivity index (χ1v) is 6.55. The molecule has 0 saturated carbocycles. The molecule has 0 aromatic heterocycles. The van der Waals surface area contributed by atoms with Crippen LogP contribution in [-0.2, 0) is 16.0 Å². The van der Waals surface area contributed by atoms with E-state index >= 15 is 0 Å². The third kappa shape index (κ3) is 5.14. The molecule has 1 rings (SSSR count). The molecule has 1 aromatic rings. The lowest BCUT2D eigenvalue weighted by Gasteiger charge is -2.13. The van der Waals surface area contributed by atoms with Crippen LogP contribution in [0.15, 0.2) is 42.5 Å². The van der Waals surface area contributed by atoms with Crippen molar-refractivity contribution in [3.63, 3.8) is 0 Å². The van der Waals surface area contributed by atoms with Crippen molar-refractivity contribution in [1.29, 1.82) is 0 Å². The molecular weight excluding hydrogens is 298 g/mol. The van der Waals surface area contributed by atoms with E-state index in [4.69, 9.17) is 5.11 Å². The predicted molar refractivity (Wildman–Crippen MR) is 72.6 cm³/mol. The van der Waals surface area contributed by atoms with Crippen molar-refractivity contribution in [2.24, 2.45) is 0 Å². The summed E-state index contributed by atoms with van der Waals surface area (Å²) in [6, 6.07) is 8.27. The van der Waals surface area contributed by atoms with E-state index in [1.807, 2.05) is 30.3 Å². The summed E-state index contributed by atoms with van der Waals surface area (Å²) < 4.78 is 0. The van der Waals surface area contributed by atoms with Crippen LogP contribution >= 0.6 is 15.9 Å². The number of hydrogen-bond acceptors (Lipinski definition) is 2. The summed E-state index contributed by atoms with van der Waals surface area (Å²) in [6.07, 6.45) is 3.19. The Kier molecular flexibility index (Phi) is 6.14. The number of nitrogens with one attached hydrogen (secondary N) is 1. The molecular formula is C13H14BrNO3. The van der Waals surface area contributed by atoms with Crippen molar-refractivity contribution < 1.29 is 14.7 Å². The van der Waals surface area contributed by atoms with Crippen LogP contribution in [0.3, 0.4) is 0 Å². The van der Waals surface area contributed by atoms with Crippen molar-refractivity contribution in [3.8, 4) is 0 Å². The van der Waals surface area contributed by atoms with Gasteiger partial charge in [-0.05, 0) is 11.6 Å². The maximum absolute atomic E-state index is 11.4. The van der Waals surface area contributed by atoms with Gasteiger partial charge in [0, 0.05) is 11.8 Å². The minimum atomic E-state index is -1.04. The van der Waals surface area contributed by atoms with Crippen LogP contribution in [-0.4, -0.2) is 28.4 Å². The normalized spacial score (nSPS) is 12.3. The van der Waals surface area contributed by atoms with Crippen LogP contribution in [0.5, 0.6) is 0 Å². The van der Waals surface area contributed by atoms with E-state index in [2.05, 4.69) is 21.2 Å². The van der Waals surface area contributed by atoms with Gasteiger partial charge in [0.2, 0.25) is 5.91 Å². The van der Waals surface area contributed by atoms with Gasteiger partial charge in [0.25, 0.3) is 0 Å². The van der Waals surface area contributed by atoms with Gasteiger partial charge in [-0.15, -0.1) is 0 Å². The summed E-state index contributed by atoms with van der Waals surface area (Å²) >= 11 is 3.14. The fourth-order valence-electron chi connectivity index (χ4n) is 1.42. The monoisotopic (exact) mass is 311 g/mol. The highest BCUT2D eigenvalue weighted by atomic mass is 79.9. The third-order valence-electron chi connectivity index (χ3n) is 2.26. The van der Waals surface area contributed by atoms with Gasteiger partial charge in [0.05, 0.1) is 0 Å². The lowest BCUT2D eigenvalue weighted by molar-refractivity contribution is -0.141. The first-order chi connectivity index (χ1) is 8.63. The smallest absolute Gasteiger partial charge is 0.326 e. The van der Waals surface area contributed by atoms with E-state index in [1.54, 1.807) is 6.08 Å². The van der Waals surface area contributed by atoms with Gasteiger partial charge in [0.15, 0.2) is 0 Å². The number of carbonyl (C=O) groups excluding carboxylic acids is 1. The molecule has 0 radical (unpaired) electrons. The highest BCUT2D eigenvalue weighted by Gasteiger charge is 2.19. The number of carboxylic acids is 1. The molecule has 0 aliphatic heterocycles. The Bertz CT molecular complexity index is 431. The molecule has 0 fully saturated rings. The highest BCUT2D eigenvalue weighted by Crippen LogP contribution is 2.03. The lowest BCUT2D eigenvalue weighted by atomic mass is 10.1. The molecule has 5 heteroatoms. The number of benzene rings is 1. The SMILES string of the molecule is O=C(/C=C\CBr)N[C@H](Cc1ccccc1)C(=O)O. The molecule has 0 unspecified atom stereocenters. The summed E-state index contributed by atoms with van der Waals surface area (Å²) in [5.74, 6) is -1.45. The van der Waals surface area contributed by atoms with Crippen molar-refractivity contribution in [2.75, 3.05) is 5.33 Å². The van der Waals surface area contributed by atoms with E-state index in [9.17, 15) is 9.59 Å². The second-order valence-corrected chi connectivity index (χ2v) is 4.29. The number of carbonyl (C=O) groups is 2. The number of hydrogen-bond donors (Lipinski definition) is 2. The van der Waals surface area contributed by atoms with Crippen LogP contribution in [0.4, 0.5) is 0 Å². The van der Waals surface area contributed by atoms with Gasteiger partial charge in [-0.1, -0.05) is 52.3 Å². The van der Waals surface area contributed by atoms with E-state index in [1.165, 1.54) is 6.08 Å². The minimum Gasteiger partial charge on any atom is -0.480 e. The number of halogens is 1. The first-order valence-electron chi connectivity index (χ1n) is 5.43. The molecule has 0 heterocycles. The molecule has 1 amide bonds. The summed E-state index contributed by atoms with van der Waals surface area (Å²) in [7, 11) is 0. The van der Waals surface area contributed by atoms with Gasteiger partial charge in [-0.25, -0.2) is 4.79 Å². The summed E-state index contributed by atoms with van der Waals surface area (Å²) in [5, 5.41) is 12.1. The molecule has 2 N–H and O–H groups in total. The average molecular weight is 312 g/mol. The van der Waals surface area contributed by atoms with Crippen molar-refractivity contribution in [3.05, 3.63) is 48.0 Å². The summed E-state index contributed by atoms with van der Waals surface area (Å²) in [4.78, 5) is 22.5. The Balaban J connectivity index is 2.64. The molecule has 0 aliphatic rings. The minimum absolute atomic E-state index is 0.268. The van der Waals surface area contributed by atoms with E-state index < -0.39 is 17.9 Å². The maximum Gasteiger partial charge on any atom is 0.326 e. The van der Waals surface area contributed by atoms with Crippen molar-refractivity contribution in [2.45, 2.75) is 12.5 Å². The topological polar surface area (TPSA) is 66.4 Å². The van der Waals surface area contributed by atoms with Gasteiger partial charge in [0.1, 0.15) is 6.04 Å². The number of rotatable bonds is 6. The molecule has 0 bridgehead atoms. The van der Waals surface area contributed by atoms with Gasteiger partial charge in [-0.2, -0.15) is 0 Å². The van der Waals surface area contributed by atoms with Crippen molar-refractivity contribution >= 4 is 27.8 Å². The largest absolute Gasteiger partial charge is 0.480 e. The van der Waals surface area contributed by atoms with E-state index in [0.29, 0.717) is 5.33 Å². The number of aliphatic carboxylic acids is 1. The zero-order valence-corrected chi connectivity index (χ0v) is 11.3. The second kappa shape index (κ2) is 7.66. The molecule has 0 aliphatic carbocycles. The molecule has 1 aromatic carbocycles. The molecule has 96 valence electrons.